The van der Waals surface area contributed by atoms with Crippen LogP contribution in [0.1, 0.15) is 10.4 Å². The Morgan fingerprint density at radius 2 is 2.19 bits per heavy atom. The lowest BCUT2D eigenvalue weighted by molar-refractivity contribution is -0.385. The molecule has 0 saturated carbocycles. The molecule has 7 heteroatoms. The minimum Gasteiger partial charge on any atom is -0.502 e. The number of carbonyl (C=O) groups excluding carboxylic acids is 1. The van der Waals surface area contributed by atoms with E-state index in [9.17, 15) is 20.0 Å². The lowest BCUT2D eigenvalue weighted by atomic mass is 10.1. The van der Waals surface area contributed by atoms with Gasteiger partial charge in [0.15, 0.2) is 0 Å². The number of rotatable bonds is 3. The van der Waals surface area contributed by atoms with E-state index in [2.05, 4.69) is 4.84 Å². The third-order valence-electron chi connectivity index (χ3n) is 2.00. The van der Waals surface area contributed by atoms with Gasteiger partial charge < -0.3 is 5.11 Å². The van der Waals surface area contributed by atoms with Crippen molar-refractivity contribution in [1.29, 1.82) is 0 Å². The number of nitro benzene ring substituents is 1. The third kappa shape index (κ3) is 2.09. The maximum absolute atomic E-state index is 11.6. The number of amides is 1. The SMILES string of the molecule is CON(C)C(=O)c1cccc([N+](=O)[O-])c1O. The van der Waals surface area contributed by atoms with Gasteiger partial charge in [0.25, 0.3) is 5.91 Å². The number of nitro groups is 1. The number of benzene rings is 1. The molecule has 0 aliphatic rings. The number of phenolic OH excluding ortho intramolecular Hbond substituents is 1. The first-order valence-electron chi connectivity index (χ1n) is 4.27. The Balaban J connectivity index is 3.20. The monoisotopic (exact) mass is 226 g/mol. The molecule has 1 aromatic carbocycles. The second-order valence-corrected chi connectivity index (χ2v) is 2.92. The lowest BCUT2D eigenvalue weighted by Gasteiger charge is -2.13. The Morgan fingerprint density at radius 3 is 2.69 bits per heavy atom. The number of nitrogens with zero attached hydrogens (tertiary/aromatic N) is 2. The summed E-state index contributed by atoms with van der Waals surface area (Å²) in [5.41, 5.74) is -0.700. The summed E-state index contributed by atoms with van der Waals surface area (Å²) in [7, 11) is 2.60. The zero-order chi connectivity index (χ0) is 12.3. The van der Waals surface area contributed by atoms with Crippen molar-refractivity contribution in [1.82, 2.24) is 5.06 Å². The van der Waals surface area contributed by atoms with E-state index >= 15 is 0 Å². The quantitative estimate of drug-likeness (QED) is 0.611. The average molecular weight is 226 g/mol. The van der Waals surface area contributed by atoms with Crippen LogP contribution in [0.3, 0.4) is 0 Å². The summed E-state index contributed by atoms with van der Waals surface area (Å²) >= 11 is 0. The van der Waals surface area contributed by atoms with Crippen LogP contribution in [-0.2, 0) is 4.84 Å². The van der Waals surface area contributed by atoms with Crippen LogP contribution in [0.5, 0.6) is 5.75 Å². The Labute approximate surface area is 91.0 Å². The van der Waals surface area contributed by atoms with Gasteiger partial charge in [-0.05, 0) is 6.07 Å². The zero-order valence-electron chi connectivity index (χ0n) is 8.71. The van der Waals surface area contributed by atoms with Crippen LogP contribution in [0.15, 0.2) is 18.2 Å². The van der Waals surface area contributed by atoms with Gasteiger partial charge in [0.05, 0.1) is 17.6 Å². The Hall–Kier alpha value is -2.15. The Kier molecular flexibility index (Phi) is 3.41. The molecule has 0 aromatic heterocycles. The average Bonchev–Trinajstić information content (AvgIpc) is 2.27. The number of aromatic hydroxyl groups is 1. The van der Waals surface area contributed by atoms with Gasteiger partial charge in [-0.25, -0.2) is 5.06 Å². The van der Waals surface area contributed by atoms with E-state index in [0.717, 1.165) is 11.1 Å². The van der Waals surface area contributed by atoms with E-state index in [1.165, 1.54) is 26.3 Å². The number of para-hydroxylation sites is 1. The molecule has 0 radical (unpaired) electrons. The summed E-state index contributed by atoms with van der Waals surface area (Å²) in [6.45, 7) is 0. The molecule has 0 spiro atoms. The second kappa shape index (κ2) is 4.58. The second-order valence-electron chi connectivity index (χ2n) is 2.92. The van der Waals surface area contributed by atoms with Crippen molar-refractivity contribution >= 4 is 11.6 Å². The molecular weight excluding hydrogens is 216 g/mol. The molecule has 16 heavy (non-hydrogen) atoms. The molecular formula is C9H10N2O5. The molecule has 1 rings (SSSR count). The smallest absolute Gasteiger partial charge is 0.311 e. The van der Waals surface area contributed by atoms with Gasteiger partial charge in [-0.15, -0.1) is 0 Å². The van der Waals surface area contributed by atoms with E-state index in [4.69, 9.17) is 0 Å². The van der Waals surface area contributed by atoms with E-state index < -0.39 is 22.3 Å². The highest BCUT2D eigenvalue weighted by molar-refractivity contribution is 5.97. The fraction of sp³-hybridized carbons (Fsp3) is 0.222. The fourth-order valence-electron chi connectivity index (χ4n) is 1.10. The van der Waals surface area contributed by atoms with E-state index in [1.807, 2.05) is 0 Å². The first-order chi connectivity index (χ1) is 7.49. The van der Waals surface area contributed by atoms with Crippen LogP contribution in [0, 0.1) is 10.1 Å². The molecule has 1 aromatic rings. The summed E-state index contributed by atoms with van der Waals surface area (Å²) in [6.07, 6.45) is 0. The number of hydrogen-bond acceptors (Lipinski definition) is 5. The van der Waals surface area contributed by atoms with Crippen molar-refractivity contribution in [3.05, 3.63) is 33.9 Å². The third-order valence-corrected chi connectivity index (χ3v) is 2.00. The topological polar surface area (TPSA) is 92.9 Å². The predicted molar refractivity (Wildman–Crippen MR) is 53.9 cm³/mol. The predicted octanol–water partition coefficient (Wildman–Crippen LogP) is 0.934. The van der Waals surface area contributed by atoms with Crippen molar-refractivity contribution in [2.24, 2.45) is 0 Å². The maximum atomic E-state index is 11.6. The van der Waals surface area contributed by atoms with E-state index in [-0.39, 0.29) is 5.56 Å². The lowest BCUT2D eigenvalue weighted by Crippen LogP contribution is -2.25. The molecule has 86 valence electrons. The van der Waals surface area contributed by atoms with Gasteiger partial charge in [-0.3, -0.25) is 19.7 Å². The minimum absolute atomic E-state index is 0.182. The Bertz CT molecular complexity index is 432. The summed E-state index contributed by atoms with van der Waals surface area (Å²) in [6, 6.07) is 3.70. The molecule has 7 nitrogen and oxygen atoms in total. The van der Waals surface area contributed by atoms with Gasteiger partial charge in [0, 0.05) is 13.1 Å². The first-order valence-corrected chi connectivity index (χ1v) is 4.27. The van der Waals surface area contributed by atoms with Crippen molar-refractivity contribution in [3.63, 3.8) is 0 Å². The zero-order valence-corrected chi connectivity index (χ0v) is 8.71. The van der Waals surface area contributed by atoms with Crippen LogP contribution < -0.4 is 0 Å². The molecule has 0 atom stereocenters. The minimum atomic E-state index is -0.765. The number of hydrogen-bond donors (Lipinski definition) is 1. The Morgan fingerprint density at radius 1 is 1.56 bits per heavy atom. The van der Waals surface area contributed by atoms with E-state index in [0.29, 0.717) is 0 Å². The molecule has 0 unspecified atom stereocenters. The highest BCUT2D eigenvalue weighted by Gasteiger charge is 2.22. The molecule has 0 saturated heterocycles. The molecule has 0 bridgehead atoms. The van der Waals surface area contributed by atoms with Crippen molar-refractivity contribution in [3.8, 4) is 5.75 Å². The van der Waals surface area contributed by atoms with Gasteiger partial charge in [-0.2, -0.15) is 0 Å². The van der Waals surface area contributed by atoms with Crippen LogP contribution in [0.25, 0.3) is 0 Å². The fourth-order valence-corrected chi connectivity index (χ4v) is 1.10. The van der Waals surface area contributed by atoms with Crippen LogP contribution in [0.2, 0.25) is 0 Å². The number of phenols is 1. The van der Waals surface area contributed by atoms with Crippen molar-refractivity contribution < 1.29 is 19.7 Å². The van der Waals surface area contributed by atoms with E-state index in [1.54, 1.807) is 0 Å². The van der Waals surface area contributed by atoms with Crippen LogP contribution in [0.4, 0.5) is 5.69 Å². The van der Waals surface area contributed by atoms with Gasteiger partial charge >= 0.3 is 5.69 Å². The first kappa shape index (κ1) is 11.9. The van der Waals surface area contributed by atoms with Gasteiger partial charge in [0.2, 0.25) is 5.75 Å². The van der Waals surface area contributed by atoms with Gasteiger partial charge in [0.1, 0.15) is 0 Å². The van der Waals surface area contributed by atoms with Crippen molar-refractivity contribution in [2.75, 3.05) is 14.2 Å². The molecule has 0 fully saturated rings. The highest BCUT2D eigenvalue weighted by Crippen LogP contribution is 2.29. The molecule has 0 heterocycles. The normalized spacial score (nSPS) is 9.88. The largest absolute Gasteiger partial charge is 0.502 e. The molecule has 0 aliphatic heterocycles. The van der Waals surface area contributed by atoms with Crippen molar-refractivity contribution in [2.45, 2.75) is 0 Å². The van der Waals surface area contributed by atoms with Gasteiger partial charge in [-0.1, -0.05) is 6.07 Å². The van der Waals surface area contributed by atoms with Crippen LogP contribution >= 0.6 is 0 Å². The van der Waals surface area contributed by atoms with Crippen LogP contribution in [-0.4, -0.2) is 35.2 Å². The number of hydroxylamine groups is 2. The molecule has 1 N–H and O–H groups in total. The summed E-state index contributed by atoms with van der Waals surface area (Å²) in [5.74, 6) is -1.33. The number of carbonyl (C=O) groups is 1. The maximum Gasteiger partial charge on any atom is 0.311 e. The standard InChI is InChI=1S/C9H10N2O5/c1-10(16-2)9(13)6-4-3-5-7(8(6)12)11(14)15/h3-5,12H,1-2H3. The molecule has 0 aliphatic carbocycles. The summed E-state index contributed by atoms with van der Waals surface area (Å²) < 4.78 is 0. The highest BCUT2D eigenvalue weighted by atomic mass is 16.7. The molecule has 1 amide bonds. The summed E-state index contributed by atoms with van der Waals surface area (Å²) in [5, 5.41) is 20.9. The summed E-state index contributed by atoms with van der Waals surface area (Å²) in [4.78, 5) is 26.0.